The van der Waals surface area contributed by atoms with Gasteiger partial charge in [0.15, 0.2) is 5.13 Å². The van der Waals surface area contributed by atoms with Gasteiger partial charge in [-0.25, -0.2) is 4.98 Å². The molecule has 1 heterocycles. The quantitative estimate of drug-likeness (QED) is 0.760. The van der Waals surface area contributed by atoms with Crippen LogP contribution < -0.4 is 10.2 Å². The van der Waals surface area contributed by atoms with Gasteiger partial charge in [-0.15, -0.1) is 11.3 Å². The van der Waals surface area contributed by atoms with Crippen molar-refractivity contribution in [2.24, 2.45) is 0 Å². The van der Waals surface area contributed by atoms with Crippen LogP contribution >= 0.6 is 11.3 Å². The van der Waals surface area contributed by atoms with Crippen molar-refractivity contribution >= 4 is 16.5 Å². The molecule has 0 amide bonds. The third-order valence-corrected chi connectivity index (χ3v) is 5.11. The highest BCUT2D eigenvalue weighted by Crippen LogP contribution is 2.29. The Morgan fingerprint density at radius 2 is 2.05 bits per heavy atom. The van der Waals surface area contributed by atoms with Gasteiger partial charge in [0, 0.05) is 36.6 Å². The summed E-state index contributed by atoms with van der Waals surface area (Å²) in [5.74, 6) is 0. The van der Waals surface area contributed by atoms with Crippen molar-refractivity contribution in [2.45, 2.75) is 58.7 Å². The average molecular weight is 311 g/mol. The van der Waals surface area contributed by atoms with Gasteiger partial charge in [-0.2, -0.15) is 0 Å². The molecule has 0 radical (unpaired) electrons. The minimum Gasteiger partial charge on any atom is -0.344 e. The molecule has 1 N–H and O–H groups in total. The minimum atomic E-state index is 0.491. The Kier molecular flexibility index (Phi) is 6.02. The van der Waals surface area contributed by atoms with Crippen LogP contribution in [0, 0.1) is 0 Å². The highest BCUT2D eigenvalue weighted by Gasteiger charge is 2.23. The maximum absolute atomic E-state index is 4.91. The lowest BCUT2D eigenvalue weighted by Gasteiger charge is -2.29. The molecule has 120 valence electrons. The van der Waals surface area contributed by atoms with Crippen LogP contribution in [0.1, 0.15) is 44.2 Å². The Morgan fingerprint density at radius 3 is 2.57 bits per heavy atom. The van der Waals surface area contributed by atoms with Crippen LogP contribution in [-0.2, 0) is 13.0 Å². The van der Waals surface area contributed by atoms with E-state index in [1.165, 1.54) is 28.5 Å². The lowest BCUT2D eigenvalue weighted by Crippen LogP contribution is -2.40. The number of rotatable bonds is 9. The molecule has 4 nitrogen and oxygen atoms in total. The van der Waals surface area contributed by atoms with Gasteiger partial charge in [0.05, 0.1) is 5.69 Å². The van der Waals surface area contributed by atoms with Gasteiger partial charge in [0.1, 0.15) is 0 Å². The molecule has 5 heteroatoms. The predicted octanol–water partition coefficient (Wildman–Crippen LogP) is 2.73. The topological polar surface area (TPSA) is 31.4 Å². The second-order valence-corrected chi connectivity index (χ2v) is 7.33. The number of hydrogen-bond donors (Lipinski definition) is 1. The van der Waals surface area contributed by atoms with Crippen molar-refractivity contribution in [3.8, 4) is 0 Å². The van der Waals surface area contributed by atoms with Crippen molar-refractivity contribution in [3.05, 3.63) is 10.6 Å². The first kappa shape index (κ1) is 16.7. The summed E-state index contributed by atoms with van der Waals surface area (Å²) in [6.07, 6.45) is 3.71. The lowest BCUT2D eigenvalue weighted by molar-refractivity contribution is 0.373. The van der Waals surface area contributed by atoms with Crippen molar-refractivity contribution in [2.75, 3.05) is 32.1 Å². The van der Waals surface area contributed by atoms with Gasteiger partial charge in [-0.1, -0.05) is 6.92 Å². The molecule has 0 aromatic carbocycles. The van der Waals surface area contributed by atoms with E-state index in [4.69, 9.17) is 4.98 Å². The molecule has 1 unspecified atom stereocenters. The zero-order valence-electron chi connectivity index (χ0n) is 14.1. The second-order valence-electron chi connectivity index (χ2n) is 6.27. The van der Waals surface area contributed by atoms with E-state index in [9.17, 15) is 0 Å². The summed E-state index contributed by atoms with van der Waals surface area (Å²) in [7, 11) is 4.27. The number of nitrogens with zero attached hydrogens (tertiary/aromatic N) is 3. The van der Waals surface area contributed by atoms with Gasteiger partial charge in [-0.05, 0) is 47.2 Å². The predicted molar refractivity (Wildman–Crippen MR) is 92.4 cm³/mol. The average Bonchev–Trinajstić information content (AvgIpc) is 3.17. The summed E-state index contributed by atoms with van der Waals surface area (Å²) in [6, 6.07) is 1.25. The maximum atomic E-state index is 4.91. The molecule has 0 bridgehead atoms. The molecule has 0 aliphatic heterocycles. The maximum Gasteiger partial charge on any atom is 0.186 e. The fraction of sp³-hybridized carbons (Fsp3) is 0.812. The third kappa shape index (κ3) is 4.66. The fourth-order valence-electron chi connectivity index (χ4n) is 2.69. The largest absolute Gasteiger partial charge is 0.344 e. The van der Waals surface area contributed by atoms with E-state index < -0.39 is 0 Å². The van der Waals surface area contributed by atoms with E-state index in [1.54, 1.807) is 0 Å². The van der Waals surface area contributed by atoms with E-state index in [-0.39, 0.29) is 0 Å². The van der Waals surface area contributed by atoms with Crippen LogP contribution in [0.3, 0.4) is 0 Å². The highest BCUT2D eigenvalue weighted by atomic mass is 32.1. The molecule has 21 heavy (non-hydrogen) atoms. The number of hydrogen-bond acceptors (Lipinski definition) is 5. The zero-order chi connectivity index (χ0) is 15.4. The van der Waals surface area contributed by atoms with Crippen LogP contribution in [0.25, 0.3) is 0 Å². The van der Waals surface area contributed by atoms with E-state index in [2.05, 4.69) is 50.0 Å². The minimum absolute atomic E-state index is 0.491. The van der Waals surface area contributed by atoms with Gasteiger partial charge in [0.25, 0.3) is 0 Å². The molecule has 1 aromatic rings. The van der Waals surface area contributed by atoms with Crippen LogP contribution in [-0.4, -0.2) is 49.2 Å². The SMILES string of the molecule is CCc1nc(N(CC)C(C)CN(C)C)sc1CNC1CC1. The summed E-state index contributed by atoms with van der Waals surface area (Å²) in [5, 5.41) is 4.81. The second kappa shape index (κ2) is 7.56. The van der Waals surface area contributed by atoms with Crippen LogP contribution in [0.5, 0.6) is 0 Å². The summed E-state index contributed by atoms with van der Waals surface area (Å²) in [5.41, 5.74) is 1.28. The normalized spacial score (nSPS) is 16.5. The van der Waals surface area contributed by atoms with E-state index >= 15 is 0 Å². The van der Waals surface area contributed by atoms with Crippen LogP contribution in [0.4, 0.5) is 5.13 Å². The van der Waals surface area contributed by atoms with E-state index in [0.717, 1.165) is 32.1 Å². The molecule has 1 saturated carbocycles. The number of nitrogens with one attached hydrogen (secondary N) is 1. The van der Waals surface area contributed by atoms with Crippen molar-refractivity contribution in [3.63, 3.8) is 0 Å². The first-order valence-corrected chi connectivity index (χ1v) is 9.00. The molecule has 1 atom stereocenters. The monoisotopic (exact) mass is 310 g/mol. The molecule has 0 saturated heterocycles. The van der Waals surface area contributed by atoms with Crippen molar-refractivity contribution in [1.29, 1.82) is 0 Å². The van der Waals surface area contributed by atoms with Crippen LogP contribution in [0.15, 0.2) is 0 Å². The number of aryl methyl sites for hydroxylation is 1. The fourth-order valence-corrected chi connectivity index (χ4v) is 3.96. The lowest BCUT2D eigenvalue weighted by atomic mass is 10.3. The van der Waals surface area contributed by atoms with Gasteiger partial charge in [-0.3, -0.25) is 0 Å². The van der Waals surface area contributed by atoms with Gasteiger partial charge >= 0.3 is 0 Å². The third-order valence-electron chi connectivity index (χ3n) is 3.98. The molecule has 0 spiro atoms. The smallest absolute Gasteiger partial charge is 0.186 e. The number of likely N-dealkylation sites (N-methyl/N-ethyl adjacent to an activating group) is 2. The van der Waals surface area contributed by atoms with Gasteiger partial charge < -0.3 is 15.1 Å². The molecular formula is C16H30N4S. The van der Waals surface area contributed by atoms with E-state index in [0.29, 0.717) is 6.04 Å². The summed E-state index contributed by atoms with van der Waals surface area (Å²) in [6.45, 7) is 9.79. The highest BCUT2D eigenvalue weighted by molar-refractivity contribution is 7.15. The summed E-state index contributed by atoms with van der Waals surface area (Å²) in [4.78, 5) is 11.0. The summed E-state index contributed by atoms with van der Waals surface area (Å²) < 4.78 is 0. The molecular weight excluding hydrogens is 280 g/mol. The Labute approximate surface area is 133 Å². The molecule has 1 fully saturated rings. The number of thiazole rings is 1. The molecule has 1 aromatic heterocycles. The Hall–Kier alpha value is -0.650. The Morgan fingerprint density at radius 1 is 1.33 bits per heavy atom. The van der Waals surface area contributed by atoms with Crippen LogP contribution in [0.2, 0.25) is 0 Å². The van der Waals surface area contributed by atoms with Crippen molar-refractivity contribution in [1.82, 2.24) is 15.2 Å². The Balaban J connectivity index is 2.08. The number of anilines is 1. The Bertz CT molecular complexity index is 439. The first-order valence-electron chi connectivity index (χ1n) is 8.18. The van der Waals surface area contributed by atoms with E-state index in [1.807, 2.05) is 11.3 Å². The molecule has 1 aliphatic rings. The van der Waals surface area contributed by atoms with Gasteiger partial charge in [0.2, 0.25) is 0 Å². The number of aromatic nitrogens is 1. The molecule has 2 rings (SSSR count). The van der Waals surface area contributed by atoms with Crippen molar-refractivity contribution < 1.29 is 0 Å². The molecule has 1 aliphatic carbocycles. The zero-order valence-corrected chi connectivity index (χ0v) is 15.0. The summed E-state index contributed by atoms with van der Waals surface area (Å²) >= 11 is 1.88. The first-order chi connectivity index (χ1) is 10.0. The standard InChI is InChI=1S/C16H30N4S/c1-6-14-15(10-17-13-8-9-13)21-16(18-14)20(7-2)12(3)11-19(4)5/h12-13,17H,6-11H2,1-5H3.